The number of hydrogen-bond donors (Lipinski definition) is 1. The van der Waals surface area contributed by atoms with E-state index in [4.69, 9.17) is 29.4 Å². The summed E-state index contributed by atoms with van der Waals surface area (Å²) in [6, 6.07) is 3.69. The summed E-state index contributed by atoms with van der Waals surface area (Å²) in [7, 11) is 0. The molecular weight excluding hydrogens is 506 g/mol. The quantitative estimate of drug-likeness (QED) is 0.135. The maximum absolute atomic E-state index is 12.5. The Labute approximate surface area is 231 Å². The van der Waals surface area contributed by atoms with Crippen molar-refractivity contribution in [1.82, 2.24) is 0 Å². The average Bonchev–Trinajstić information content (AvgIpc) is 2.89. The van der Waals surface area contributed by atoms with Crippen LogP contribution in [0.1, 0.15) is 97.5 Å². The van der Waals surface area contributed by atoms with Crippen molar-refractivity contribution in [2.75, 3.05) is 13.2 Å². The van der Waals surface area contributed by atoms with Crippen molar-refractivity contribution in [3.63, 3.8) is 0 Å². The Morgan fingerprint density at radius 2 is 1.38 bits per heavy atom. The second-order valence-corrected chi connectivity index (χ2v) is 9.46. The molecule has 1 aromatic rings. The minimum Gasteiger partial charge on any atom is -0.458 e. The molecule has 0 saturated carbocycles. The monoisotopic (exact) mass is 551 g/mol. The Balaban J connectivity index is 2.78. The molecule has 220 valence electrons. The highest BCUT2D eigenvalue weighted by atomic mass is 16.7. The van der Waals surface area contributed by atoms with Crippen LogP contribution in [-0.2, 0) is 35.0 Å². The molecule has 10 nitrogen and oxygen atoms in total. The second-order valence-electron chi connectivity index (χ2n) is 9.46. The summed E-state index contributed by atoms with van der Waals surface area (Å²) in [5.41, 5.74) is 6.64. The van der Waals surface area contributed by atoms with Crippen LogP contribution >= 0.6 is 0 Å². The molecule has 0 radical (unpaired) electrons. The van der Waals surface area contributed by atoms with Crippen molar-refractivity contribution in [3.8, 4) is 11.5 Å². The van der Waals surface area contributed by atoms with Crippen molar-refractivity contribution >= 4 is 24.1 Å². The van der Waals surface area contributed by atoms with Crippen LogP contribution in [0.25, 0.3) is 0 Å². The minimum atomic E-state index is -1.03. The smallest absolute Gasteiger partial charge is 0.458 e. The SMILES string of the molecule is CCCCCC(=O)Oc1ccc(C[C@H](N)C(=O)O[C@@H](C)COC(=O)OCCCC)cc1OC(=O)CCCCC. The Kier molecular flexibility index (Phi) is 17.3. The fraction of sp³-hybridized carbons (Fsp3) is 0.655. The minimum absolute atomic E-state index is 0.0799. The van der Waals surface area contributed by atoms with Gasteiger partial charge in [-0.1, -0.05) is 58.9 Å². The lowest BCUT2D eigenvalue weighted by atomic mass is 10.1. The van der Waals surface area contributed by atoms with Gasteiger partial charge in [-0.2, -0.15) is 0 Å². The molecule has 0 fully saturated rings. The summed E-state index contributed by atoms with van der Waals surface area (Å²) in [6.07, 6.45) is 5.79. The van der Waals surface area contributed by atoms with Gasteiger partial charge < -0.3 is 29.4 Å². The molecule has 0 amide bonds. The van der Waals surface area contributed by atoms with E-state index >= 15 is 0 Å². The molecule has 0 unspecified atom stereocenters. The summed E-state index contributed by atoms with van der Waals surface area (Å²) in [5.74, 6) is -1.30. The van der Waals surface area contributed by atoms with E-state index in [0.717, 1.165) is 38.5 Å². The van der Waals surface area contributed by atoms with Gasteiger partial charge in [-0.3, -0.25) is 14.4 Å². The zero-order valence-electron chi connectivity index (χ0n) is 23.8. The van der Waals surface area contributed by atoms with Crippen LogP contribution in [-0.4, -0.2) is 49.4 Å². The number of esters is 3. The van der Waals surface area contributed by atoms with Crippen LogP contribution in [0, 0.1) is 0 Å². The number of nitrogens with two attached hydrogens (primary N) is 1. The third kappa shape index (κ3) is 15.1. The van der Waals surface area contributed by atoms with E-state index in [-0.39, 0.29) is 44.0 Å². The fourth-order valence-electron chi connectivity index (χ4n) is 3.41. The Morgan fingerprint density at radius 1 is 0.795 bits per heavy atom. The van der Waals surface area contributed by atoms with Crippen molar-refractivity contribution in [2.45, 2.75) is 110 Å². The highest BCUT2D eigenvalue weighted by molar-refractivity contribution is 5.77. The molecule has 0 aliphatic rings. The van der Waals surface area contributed by atoms with Gasteiger partial charge in [-0.05, 0) is 50.3 Å². The molecule has 0 heterocycles. The number of rotatable bonds is 19. The Morgan fingerprint density at radius 3 is 1.97 bits per heavy atom. The highest BCUT2D eigenvalue weighted by Crippen LogP contribution is 2.30. The molecule has 39 heavy (non-hydrogen) atoms. The van der Waals surface area contributed by atoms with Gasteiger partial charge in [-0.15, -0.1) is 0 Å². The molecule has 1 aromatic carbocycles. The number of ether oxygens (including phenoxy) is 5. The first-order valence-electron chi connectivity index (χ1n) is 14.0. The lowest BCUT2D eigenvalue weighted by Gasteiger charge is -2.17. The van der Waals surface area contributed by atoms with Gasteiger partial charge >= 0.3 is 24.1 Å². The van der Waals surface area contributed by atoms with Crippen LogP contribution in [0.3, 0.4) is 0 Å². The van der Waals surface area contributed by atoms with Crippen molar-refractivity contribution in [2.24, 2.45) is 5.73 Å². The van der Waals surface area contributed by atoms with Gasteiger partial charge in [-0.25, -0.2) is 4.79 Å². The summed E-state index contributed by atoms with van der Waals surface area (Å²) in [6.45, 7) is 7.72. The first kappa shape index (κ1) is 33.9. The van der Waals surface area contributed by atoms with Gasteiger partial charge in [0, 0.05) is 12.8 Å². The Bertz CT molecular complexity index is 903. The summed E-state index contributed by atoms with van der Waals surface area (Å²) in [4.78, 5) is 48.7. The van der Waals surface area contributed by atoms with Crippen LogP contribution in [0.4, 0.5) is 4.79 Å². The molecule has 0 saturated heterocycles. The Hall–Kier alpha value is -3.14. The standard InChI is InChI=1S/C29H45NO9/c1-5-8-11-13-26(31)38-24-16-15-22(19-25(24)39-27(32)14-12-9-6-2)18-23(30)28(33)37-21(4)20-36-29(34)35-17-10-7-3/h15-16,19,21,23H,5-14,17-18,20,30H2,1-4H3/t21-,23-/m0/s1. The first-order chi connectivity index (χ1) is 18.7. The van der Waals surface area contributed by atoms with Crippen molar-refractivity contribution < 1.29 is 42.9 Å². The number of carbonyl (C=O) groups excluding carboxylic acids is 4. The van der Waals surface area contributed by atoms with Gasteiger partial charge in [0.05, 0.1) is 6.61 Å². The summed E-state index contributed by atoms with van der Waals surface area (Å²) < 4.78 is 26.1. The van der Waals surface area contributed by atoms with Crippen LogP contribution in [0.2, 0.25) is 0 Å². The molecule has 0 spiro atoms. The second kappa shape index (κ2) is 19.9. The summed E-state index contributed by atoms with van der Waals surface area (Å²) in [5, 5.41) is 0. The van der Waals surface area contributed by atoms with Crippen molar-refractivity contribution in [1.29, 1.82) is 0 Å². The maximum Gasteiger partial charge on any atom is 0.508 e. The van der Waals surface area contributed by atoms with Crippen LogP contribution in [0.15, 0.2) is 18.2 Å². The fourth-order valence-corrected chi connectivity index (χ4v) is 3.41. The zero-order chi connectivity index (χ0) is 29.0. The zero-order valence-corrected chi connectivity index (χ0v) is 23.8. The van der Waals surface area contributed by atoms with E-state index in [2.05, 4.69) is 0 Å². The maximum atomic E-state index is 12.5. The van der Waals surface area contributed by atoms with Gasteiger partial charge in [0.15, 0.2) is 11.5 Å². The van der Waals surface area contributed by atoms with Gasteiger partial charge in [0.2, 0.25) is 0 Å². The molecule has 0 aliphatic carbocycles. The predicted molar refractivity (Wildman–Crippen MR) is 145 cm³/mol. The molecule has 1 rings (SSSR count). The number of hydrogen-bond acceptors (Lipinski definition) is 10. The van der Waals surface area contributed by atoms with Crippen LogP contribution < -0.4 is 15.2 Å². The van der Waals surface area contributed by atoms with Crippen molar-refractivity contribution in [3.05, 3.63) is 23.8 Å². The van der Waals surface area contributed by atoms with E-state index in [1.165, 1.54) is 6.07 Å². The number of benzene rings is 1. The van der Waals surface area contributed by atoms with E-state index in [9.17, 15) is 19.2 Å². The highest BCUT2D eigenvalue weighted by Gasteiger charge is 2.21. The average molecular weight is 552 g/mol. The molecule has 0 aliphatic heterocycles. The number of unbranched alkanes of at least 4 members (excludes halogenated alkanes) is 5. The molecule has 10 heteroatoms. The van der Waals surface area contributed by atoms with E-state index in [0.29, 0.717) is 18.4 Å². The molecule has 2 atom stereocenters. The van der Waals surface area contributed by atoms with E-state index in [1.54, 1.807) is 19.1 Å². The largest absolute Gasteiger partial charge is 0.508 e. The lowest BCUT2D eigenvalue weighted by Crippen LogP contribution is -2.37. The van der Waals surface area contributed by atoms with Gasteiger partial charge in [0.25, 0.3) is 0 Å². The lowest BCUT2D eigenvalue weighted by molar-refractivity contribution is -0.152. The summed E-state index contributed by atoms with van der Waals surface area (Å²) >= 11 is 0. The normalized spacial score (nSPS) is 12.2. The molecular formula is C29H45NO9. The third-order valence-corrected chi connectivity index (χ3v) is 5.65. The molecule has 0 bridgehead atoms. The third-order valence-electron chi connectivity index (χ3n) is 5.65. The topological polar surface area (TPSA) is 140 Å². The van der Waals surface area contributed by atoms with Gasteiger partial charge in [0.1, 0.15) is 18.8 Å². The van der Waals surface area contributed by atoms with E-state index in [1.807, 2.05) is 20.8 Å². The van der Waals surface area contributed by atoms with Crippen LogP contribution in [0.5, 0.6) is 11.5 Å². The van der Waals surface area contributed by atoms with E-state index < -0.39 is 36.2 Å². The molecule has 2 N–H and O–H groups in total. The first-order valence-corrected chi connectivity index (χ1v) is 14.0. The number of carbonyl (C=O) groups is 4. The molecule has 0 aromatic heterocycles. The predicted octanol–water partition coefficient (Wildman–Crippen LogP) is 5.41.